The lowest BCUT2D eigenvalue weighted by atomic mass is 10.1. The summed E-state index contributed by atoms with van der Waals surface area (Å²) in [6.07, 6.45) is 0.921. The zero-order valence-corrected chi connectivity index (χ0v) is 10.7. The largest absolute Gasteiger partial charge is 0.308 e. The summed E-state index contributed by atoms with van der Waals surface area (Å²) in [7, 11) is 0. The van der Waals surface area contributed by atoms with Gasteiger partial charge in [-0.3, -0.25) is 4.79 Å². The minimum atomic E-state index is -0.00356. The van der Waals surface area contributed by atoms with Gasteiger partial charge in [0.1, 0.15) is 0 Å². The van der Waals surface area contributed by atoms with Gasteiger partial charge in [0.25, 0.3) is 5.91 Å². The smallest absolute Gasteiger partial charge is 0.258 e. The molecule has 0 unspecified atom stereocenters. The van der Waals surface area contributed by atoms with Crippen molar-refractivity contribution in [1.29, 1.82) is 0 Å². The number of amides is 1. The van der Waals surface area contributed by atoms with Gasteiger partial charge in [-0.2, -0.15) is 0 Å². The van der Waals surface area contributed by atoms with Crippen molar-refractivity contribution in [1.82, 2.24) is 0 Å². The molecule has 0 saturated carbocycles. The Morgan fingerprint density at radius 2 is 1.68 bits per heavy atom. The molecule has 94 valence electrons. The van der Waals surface area contributed by atoms with Crippen LogP contribution < -0.4 is 4.90 Å². The number of carbonyl (C=O) groups is 1. The fraction of sp³-hybridized carbons (Fsp3) is 0.118. The van der Waals surface area contributed by atoms with Crippen LogP contribution in [0.15, 0.2) is 61.2 Å². The molecule has 1 amide bonds. The molecule has 0 saturated heterocycles. The number of hydrogen-bond donors (Lipinski definition) is 0. The SMILES string of the molecule is C=C(C(=O)N1CCc2ccccc21)c1ccccc1. The minimum absolute atomic E-state index is 0.00356. The number of hydrogen-bond acceptors (Lipinski definition) is 1. The Balaban J connectivity index is 1.89. The normalized spacial score (nSPS) is 13.2. The standard InChI is InChI=1S/C17H15NO/c1-13(14-7-3-2-4-8-14)17(19)18-12-11-15-9-5-6-10-16(15)18/h2-10H,1,11-12H2. The first kappa shape index (κ1) is 11.7. The van der Waals surface area contributed by atoms with E-state index in [1.165, 1.54) is 5.56 Å². The van der Waals surface area contributed by atoms with Gasteiger partial charge in [-0.25, -0.2) is 0 Å². The van der Waals surface area contributed by atoms with E-state index in [4.69, 9.17) is 0 Å². The number of carbonyl (C=O) groups excluding carboxylic acids is 1. The van der Waals surface area contributed by atoms with Crippen molar-refractivity contribution in [2.24, 2.45) is 0 Å². The molecule has 2 heteroatoms. The van der Waals surface area contributed by atoms with Crippen LogP contribution in [0.25, 0.3) is 5.57 Å². The number of nitrogens with zero attached hydrogens (tertiary/aromatic N) is 1. The third-order valence-corrected chi connectivity index (χ3v) is 3.51. The summed E-state index contributed by atoms with van der Waals surface area (Å²) in [6, 6.07) is 17.7. The van der Waals surface area contributed by atoms with Crippen LogP contribution in [0.5, 0.6) is 0 Å². The van der Waals surface area contributed by atoms with Crippen LogP contribution in [0, 0.1) is 0 Å². The Labute approximate surface area is 113 Å². The molecular formula is C17H15NO. The van der Waals surface area contributed by atoms with Crippen molar-refractivity contribution in [3.8, 4) is 0 Å². The second kappa shape index (κ2) is 4.73. The molecule has 0 spiro atoms. The first-order valence-electron chi connectivity index (χ1n) is 6.41. The maximum atomic E-state index is 12.5. The lowest BCUT2D eigenvalue weighted by Gasteiger charge is -2.18. The number of fused-ring (bicyclic) bond motifs is 1. The Morgan fingerprint density at radius 3 is 2.47 bits per heavy atom. The Bertz CT molecular complexity index is 631. The van der Waals surface area contributed by atoms with E-state index in [1.807, 2.05) is 53.4 Å². The van der Waals surface area contributed by atoms with Gasteiger partial charge in [0.2, 0.25) is 0 Å². The average Bonchev–Trinajstić information content (AvgIpc) is 2.90. The first-order chi connectivity index (χ1) is 9.27. The Kier molecular flexibility index (Phi) is 2.92. The molecule has 0 atom stereocenters. The van der Waals surface area contributed by atoms with Gasteiger partial charge >= 0.3 is 0 Å². The van der Waals surface area contributed by atoms with Gasteiger partial charge in [0.15, 0.2) is 0 Å². The zero-order chi connectivity index (χ0) is 13.2. The number of para-hydroxylation sites is 1. The van der Waals surface area contributed by atoms with E-state index in [-0.39, 0.29) is 5.91 Å². The molecular weight excluding hydrogens is 234 g/mol. The van der Waals surface area contributed by atoms with Crippen molar-refractivity contribution in [3.05, 3.63) is 72.3 Å². The molecule has 0 aromatic heterocycles. The van der Waals surface area contributed by atoms with Gasteiger partial charge in [0.05, 0.1) is 0 Å². The number of rotatable bonds is 2. The average molecular weight is 249 g/mol. The van der Waals surface area contributed by atoms with Gasteiger partial charge in [-0.05, 0) is 23.6 Å². The molecule has 3 rings (SSSR count). The highest BCUT2D eigenvalue weighted by atomic mass is 16.2. The number of anilines is 1. The summed E-state index contributed by atoms with van der Waals surface area (Å²) >= 11 is 0. The minimum Gasteiger partial charge on any atom is -0.308 e. The second-order valence-electron chi connectivity index (χ2n) is 4.68. The van der Waals surface area contributed by atoms with E-state index >= 15 is 0 Å². The molecule has 1 aliphatic heterocycles. The quantitative estimate of drug-likeness (QED) is 0.748. The molecule has 0 fully saturated rings. The van der Waals surface area contributed by atoms with Crippen LogP contribution in [0.4, 0.5) is 5.69 Å². The van der Waals surface area contributed by atoms with Crippen molar-refractivity contribution in [2.45, 2.75) is 6.42 Å². The molecule has 1 aliphatic rings. The first-order valence-corrected chi connectivity index (χ1v) is 6.41. The summed E-state index contributed by atoms with van der Waals surface area (Å²) in [4.78, 5) is 14.4. The highest BCUT2D eigenvalue weighted by molar-refractivity contribution is 6.26. The van der Waals surface area contributed by atoms with Crippen LogP contribution in [0.1, 0.15) is 11.1 Å². The third-order valence-electron chi connectivity index (χ3n) is 3.51. The lowest BCUT2D eigenvalue weighted by Crippen LogP contribution is -2.29. The van der Waals surface area contributed by atoms with Crippen molar-refractivity contribution >= 4 is 17.2 Å². The molecule has 2 nitrogen and oxygen atoms in total. The fourth-order valence-corrected chi connectivity index (χ4v) is 2.47. The van der Waals surface area contributed by atoms with E-state index < -0.39 is 0 Å². The molecule has 2 aromatic carbocycles. The van der Waals surface area contributed by atoms with Crippen LogP contribution in [-0.4, -0.2) is 12.5 Å². The Morgan fingerprint density at radius 1 is 1.00 bits per heavy atom. The monoisotopic (exact) mass is 249 g/mol. The van der Waals surface area contributed by atoms with Crippen LogP contribution in [0.2, 0.25) is 0 Å². The fourth-order valence-electron chi connectivity index (χ4n) is 2.47. The topological polar surface area (TPSA) is 20.3 Å². The molecule has 1 heterocycles. The summed E-state index contributed by atoms with van der Waals surface area (Å²) in [6.45, 7) is 4.69. The third kappa shape index (κ3) is 2.06. The van der Waals surface area contributed by atoms with Gasteiger partial charge in [0, 0.05) is 17.8 Å². The van der Waals surface area contributed by atoms with Crippen molar-refractivity contribution in [3.63, 3.8) is 0 Å². The summed E-state index contributed by atoms with van der Waals surface area (Å²) in [5.41, 5.74) is 3.69. The van der Waals surface area contributed by atoms with Crippen LogP contribution in [0.3, 0.4) is 0 Å². The molecule has 0 bridgehead atoms. The maximum absolute atomic E-state index is 12.5. The summed E-state index contributed by atoms with van der Waals surface area (Å²) in [5, 5.41) is 0. The van der Waals surface area contributed by atoms with E-state index in [0.717, 1.165) is 24.2 Å². The molecule has 0 N–H and O–H groups in total. The summed E-state index contributed by atoms with van der Waals surface area (Å²) in [5.74, 6) is -0.00356. The summed E-state index contributed by atoms with van der Waals surface area (Å²) < 4.78 is 0. The molecule has 0 aliphatic carbocycles. The molecule has 0 radical (unpaired) electrons. The molecule has 19 heavy (non-hydrogen) atoms. The predicted octanol–water partition coefficient (Wildman–Crippen LogP) is 3.29. The van der Waals surface area contributed by atoms with E-state index in [1.54, 1.807) is 0 Å². The maximum Gasteiger partial charge on any atom is 0.258 e. The van der Waals surface area contributed by atoms with E-state index in [2.05, 4.69) is 12.6 Å². The van der Waals surface area contributed by atoms with Crippen LogP contribution >= 0.6 is 0 Å². The number of benzene rings is 2. The lowest BCUT2D eigenvalue weighted by molar-refractivity contribution is -0.113. The van der Waals surface area contributed by atoms with E-state index in [9.17, 15) is 4.79 Å². The van der Waals surface area contributed by atoms with Gasteiger partial charge < -0.3 is 4.90 Å². The van der Waals surface area contributed by atoms with Gasteiger partial charge in [-0.15, -0.1) is 0 Å². The van der Waals surface area contributed by atoms with Gasteiger partial charge in [-0.1, -0.05) is 55.1 Å². The second-order valence-corrected chi connectivity index (χ2v) is 4.68. The zero-order valence-electron chi connectivity index (χ0n) is 10.7. The molecule has 2 aromatic rings. The highest BCUT2D eigenvalue weighted by Crippen LogP contribution is 2.30. The van der Waals surface area contributed by atoms with Crippen LogP contribution in [-0.2, 0) is 11.2 Å². The van der Waals surface area contributed by atoms with Crippen molar-refractivity contribution < 1.29 is 4.79 Å². The Hall–Kier alpha value is -2.35. The highest BCUT2D eigenvalue weighted by Gasteiger charge is 2.25. The van der Waals surface area contributed by atoms with E-state index in [0.29, 0.717) is 5.57 Å². The predicted molar refractivity (Wildman–Crippen MR) is 78.0 cm³/mol. The van der Waals surface area contributed by atoms with Crippen molar-refractivity contribution in [2.75, 3.05) is 11.4 Å².